The molecule has 160 valence electrons. The predicted molar refractivity (Wildman–Crippen MR) is 125 cm³/mol. The molecule has 0 unspecified atom stereocenters. The number of rotatable bonds is 6. The molecule has 3 heterocycles. The Hall–Kier alpha value is -3.70. The van der Waals surface area contributed by atoms with Crippen molar-refractivity contribution in [2.45, 2.75) is 25.6 Å². The summed E-state index contributed by atoms with van der Waals surface area (Å²) in [4.78, 5) is 21.1. The smallest absolute Gasteiger partial charge is 0.259 e. The minimum absolute atomic E-state index is 0.00764. The van der Waals surface area contributed by atoms with Crippen LogP contribution in [0.15, 0.2) is 94.9 Å². The van der Waals surface area contributed by atoms with Crippen LogP contribution in [-0.4, -0.2) is 21.0 Å². The van der Waals surface area contributed by atoms with Gasteiger partial charge in [0.1, 0.15) is 11.6 Å². The van der Waals surface area contributed by atoms with Gasteiger partial charge in [-0.2, -0.15) is 0 Å². The molecule has 5 nitrogen and oxygen atoms in total. The van der Waals surface area contributed by atoms with Crippen LogP contribution >= 0.6 is 0 Å². The van der Waals surface area contributed by atoms with Crippen molar-refractivity contribution in [2.24, 2.45) is 0 Å². The van der Waals surface area contributed by atoms with Gasteiger partial charge in [-0.05, 0) is 29.3 Å². The van der Waals surface area contributed by atoms with Crippen molar-refractivity contribution in [3.63, 3.8) is 0 Å². The van der Waals surface area contributed by atoms with E-state index in [1.807, 2.05) is 48.5 Å². The zero-order valence-electron chi connectivity index (χ0n) is 17.9. The molecule has 0 aliphatic carbocycles. The number of nitrogens with zero attached hydrogens (tertiary/aromatic N) is 3. The van der Waals surface area contributed by atoms with Crippen LogP contribution in [0.25, 0.3) is 6.08 Å². The molecule has 0 fully saturated rings. The second-order valence-corrected chi connectivity index (χ2v) is 8.04. The van der Waals surface area contributed by atoms with E-state index in [0.29, 0.717) is 18.9 Å². The van der Waals surface area contributed by atoms with Crippen molar-refractivity contribution in [3.8, 4) is 0 Å². The lowest BCUT2D eigenvalue weighted by molar-refractivity contribution is 0.221. The molecule has 1 aliphatic heterocycles. The maximum Gasteiger partial charge on any atom is 0.259 e. The number of aromatic nitrogens is 2. The lowest BCUT2D eigenvalue weighted by Crippen LogP contribution is -2.40. The molecule has 32 heavy (non-hydrogen) atoms. The van der Waals surface area contributed by atoms with Crippen LogP contribution in [0.4, 0.5) is 0 Å². The van der Waals surface area contributed by atoms with Crippen LogP contribution in [-0.2, 0) is 19.5 Å². The molecular formula is C27H25N3O2. The van der Waals surface area contributed by atoms with Gasteiger partial charge in [-0.1, -0.05) is 67.2 Å². The Morgan fingerprint density at radius 2 is 1.69 bits per heavy atom. The molecule has 1 aliphatic rings. The molecule has 5 rings (SSSR count). The van der Waals surface area contributed by atoms with Crippen molar-refractivity contribution in [1.29, 1.82) is 0 Å². The molecule has 0 bridgehead atoms. The van der Waals surface area contributed by atoms with E-state index in [9.17, 15) is 4.79 Å². The van der Waals surface area contributed by atoms with Gasteiger partial charge in [-0.15, -0.1) is 0 Å². The molecule has 0 saturated heterocycles. The fraction of sp³-hybridized carbons (Fsp3) is 0.185. The van der Waals surface area contributed by atoms with Crippen molar-refractivity contribution < 1.29 is 4.42 Å². The van der Waals surface area contributed by atoms with Crippen LogP contribution in [0.5, 0.6) is 0 Å². The van der Waals surface area contributed by atoms with Gasteiger partial charge >= 0.3 is 0 Å². The van der Waals surface area contributed by atoms with Gasteiger partial charge in [0.25, 0.3) is 5.56 Å². The van der Waals surface area contributed by atoms with Crippen LogP contribution < -0.4 is 5.56 Å². The molecule has 2 aromatic heterocycles. The second-order valence-electron chi connectivity index (χ2n) is 8.04. The third-order valence-electron chi connectivity index (χ3n) is 6.00. The normalized spacial score (nSPS) is 13.8. The van der Waals surface area contributed by atoms with Crippen LogP contribution in [0.3, 0.4) is 0 Å². The third kappa shape index (κ3) is 3.83. The fourth-order valence-corrected chi connectivity index (χ4v) is 4.48. The molecule has 4 aromatic rings. The Bertz CT molecular complexity index is 1220. The SMILES string of the molecule is C=Cc1nc2c(c(=O)n1C(c1ccccc1)c1ccccc1)CN(Cc1ccco1)CC2. The number of fused-ring (bicyclic) bond motifs is 1. The predicted octanol–water partition coefficient (Wildman–Crippen LogP) is 4.68. The Morgan fingerprint density at radius 1 is 1.00 bits per heavy atom. The van der Waals surface area contributed by atoms with Crippen molar-refractivity contribution in [1.82, 2.24) is 14.5 Å². The van der Waals surface area contributed by atoms with Crippen molar-refractivity contribution in [3.05, 3.63) is 130 Å². The van der Waals surface area contributed by atoms with Gasteiger partial charge in [-0.3, -0.25) is 14.3 Å². The van der Waals surface area contributed by atoms with Crippen LogP contribution in [0.1, 0.15) is 40.0 Å². The van der Waals surface area contributed by atoms with Gasteiger partial charge in [-0.25, -0.2) is 4.98 Å². The Balaban J connectivity index is 1.63. The average Bonchev–Trinajstić information content (AvgIpc) is 3.35. The largest absolute Gasteiger partial charge is 0.468 e. The van der Waals surface area contributed by atoms with E-state index in [4.69, 9.17) is 9.40 Å². The van der Waals surface area contributed by atoms with Gasteiger partial charge in [0.2, 0.25) is 0 Å². The first kappa shape index (κ1) is 20.2. The molecule has 0 spiro atoms. The molecular weight excluding hydrogens is 398 g/mol. The number of hydrogen-bond donors (Lipinski definition) is 0. The fourth-order valence-electron chi connectivity index (χ4n) is 4.48. The first-order valence-electron chi connectivity index (χ1n) is 10.9. The maximum absolute atomic E-state index is 14.0. The highest BCUT2D eigenvalue weighted by molar-refractivity contribution is 5.43. The molecule has 5 heteroatoms. The summed E-state index contributed by atoms with van der Waals surface area (Å²) >= 11 is 0. The molecule has 0 amide bonds. The van der Waals surface area contributed by atoms with Gasteiger partial charge < -0.3 is 4.42 Å². The summed E-state index contributed by atoms with van der Waals surface area (Å²) in [6, 6.07) is 23.8. The topological polar surface area (TPSA) is 51.3 Å². The summed E-state index contributed by atoms with van der Waals surface area (Å²) in [6.07, 6.45) is 4.10. The van der Waals surface area contributed by atoms with E-state index in [0.717, 1.165) is 41.1 Å². The van der Waals surface area contributed by atoms with Crippen LogP contribution in [0, 0.1) is 0 Å². The summed E-state index contributed by atoms with van der Waals surface area (Å²) < 4.78 is 7.31. The standard InChI is InChI=1S/C27H25N3O2/c1-2-25-28-24-15-16-29(18-22-14-9-17-32-22)19-23(24)27(31)30(25)26(20-10-5-3-6-11-20)21-12-7-4-8-13-21/h2-14,17,26H,1,15-16,18-19H2. The summed E-state index contributed by atoms with van der Waals surface area (Å²) in [6.45, 7) is 6.03. The second kappa shape index (κ2) is 8.81. The summed E-state index contributed by atoms with van der Waals surface area (Å²) in [5, 5.41) is 0. The molecule has 0 N–H and O–H groups in total. The van der Waals surface area contributed by atoms with E-state index in [1.54, 1.807) is 16.9 Å². The summed E-state index contributed by atoms with van der Waals surface area (Å²) in [5.74, 6) is 1.50. The molecule has 2 aromatic carbocycles. The zero-order chi connectivity index (χ0) is 21.9. The lowest BCUT2D eigenvalue weighted by atomic mass is 9.97. The minimum atomic E-state index is -0.281. The summed E-state index contributed by atoms with van der Waals surface area (Å²) in [5.41, 5.74) is 3.69. The monoisotopic (exact) mass is 423 g/mol. The first-order valence-corrected chi connectivity index (χ1v) is 10.9. The van der Waals surface area contributed by atoms with Gasteiger partial charge in [0, 0.05) is 19.5 Å². The first-order chi connectivity index (χ1) is 15.7. The van der Waals surface area contributed by atoms with E-state index in [-0.39, 0.29) is 11.6 Å². The third-order valence-corrected chi connectivity index (χ3v) is 6.00. The molecule has 0 atom stereocenters. The van der Waals surface area contributed by atoms with E-state index < -0.39 is 0 Å². The Kier molecular flexibility index (Phi) is 5.57. The highest BCUT2D eigenvalue weighted by Crippen LogP contribution is 2.28. The van der Waals surface area contributed by atoms with E-state index in [1.165, 1.54) is 0 Å². The minimum Gasteiger partial charge on any atom is -0.468 e. The maximum atomic E-state index is 14.0. The number of benzene rings is 2. The molecule has 0 saturated carbocycles. The highest BCUT2D eigenvalue weighted by Gasteiger charge is 2.27. The Labute approximate surface area is 187 Å². The lowest BCUT2D eigenvalue weighted by Gasteiger charge is -2.30. The summed E-state index contributed by atoms with van der Waals surface area (Å²) in [7, 11) is 0. The van der Waals surface area contributed by atoms with E-state index in [2.05, 4.69) is 35.7 Å². The number of furan rings is 1. The quantitative estimate of drug-likeness (QED) is 0.452. The Morgan fingerprint density at radius 3 is 2.28 bits per heavy atom. The van der Waals surface area contributed by atoms with Crippen LogP contribution in [0.2, 0.25) is 0 Å². The van der Waals surface area contributed by atoms with E-state index >= 15 is 0 Å². The van der Waals surface area contributed by atoms with Crippen molar-refractivity contribution >= 4 is 6.08 Å². The van der Waals surface area contributed by atoms with Gasteiger partial charge in [0.15, 0.2) is 0 Å². The highest BCUT2D eigenvalue weighted by atomic mass is 16.3. The zero-order valence-corrected chi connectivity index (χ0v) is 17.9. The van der Waals surface area contributed by atoms with Crippen molar-refractivity contribution in [2.75, 3.05) is 6.54 Å². The average molecular weight is 424 g/mol. The number of hydrogen-bond acceptors (Lipinski definition) is 4. The van der Waals surface area contributed by atoms with Gasteiger partial charge in [0.05, 0.1) is 30.1 Å². The molecule has 0 radical (unpaired) electrons.